The first kappa shape index (κ1) is 24.3. The van der Waals surface area contributed by atoms with E-state index in [0.29, 0.717) is 22.1 Å². The van der Waals surface area contributed by atoms with Crippen molar-refractivity contribution in [1.82, 2.24) is 19.8 Å². The van der Waals surface area contributed by atoms with Gasteiger partial charge in [0.25, 0.3) is 5.91 Å². The molecule has 0 radical (unpaired) electrons. The second-order valence-electron chi connectivity index (χ2n) is 8.95. The van der Waals surface area contributed by atoms with Crippen molar-refractivity contribution < 1.29 is 4.79 Å². The average molecular weight is 488 g/mol. The molecule has 2 fully saturated rings. The molecule has 2 heterocycles. The number of benzene rings is 1. The summed E-state index contributed by atoms with van der Waals surface area (Å²) < 4.78 is 0. The van der Waals surface area contributed by atoms with Crippen molar-refractivity contribution in [1.29, 1.82) is 0 Å². The van der Waals surface area contributed by atoms with Crippen LogP contribution in [0.25, 0.3) is 0 Å². The van der Waals surface area contributed by atoms with Crippen LogP contribution in [0, 0.1) is 0 Å². The number of carbonyl (C=O) groups excluding carboxylic acids is 1. The number of hydrogen-bond donors (Lipinski definition) is 0. The van der Waals surface area contributed by atoms with Crippen LogP contribution in [-0.4, -0.2) is 71.5 Å². The first-order chi connectivity index (χ1) is 16.0. The van der Waals surface area contributed by atoms with Crippen LogP contribution >= 0.6 is 23.4 Å². The Kier molecular flexibility index (Phi) is 8.50. The zero-order valence-electron chi connectivity index (χ0n) is 19.7. The fourth-order valence-corrected chi connectivity index (χ4v) is 5.70. The molecule has 2 aliphatic rings. The second kappa shape index (κ2) is 11.5. The number of hydrogen-bond acceptors (Lipinski definition) is 6. The number of rotatable bonds is 7. The molecule has 4 rings (SSSR count). The Morgan fingerprint density at radius 1 is 1.12 bits per heavy atom. The van der Waals surface area contributed by atoms with Crippen molar-refractivity contribution in [2.45, 2.75) is 56.0 Å². The van der Waals surface area contributed by atoms with Gasteiger partial charge in [0, 0.05) is 56.7 Å². The summed E-state index contributed by atoms with van der Waals surface area (Å²) in [5, 5.41) is 1.15. The molecule has 0 bridgehead atoms. The van der Waals surface area contributed by atoms with Gasteiger partial charge < -0.3 is 14.7 Å². The quantitative estimate of drug-likeness (QED) is 0.312. The Bertz CT molecular complexity index is 944. The van der Waals surface area contributed by atoms with Crippen molar-refractivity contribution in [3.05, 3.63) is 46.6 Å². The molecular weight excluding hydrogens is 454 g/mol. The summed E-state index contributed by atoms with van der Waals surface area (Å²) in [6, 6.07) is 10.3. The molecule has 1 aromatic heterocycles. The highest BCUT2D eigenvalue weighted by atomic mass is 35.5. The minimum atomic E-state index is 0.119. The van der Waals surface area contributed by atoms with E-state index in [4.69, 9.17) is 16.6 Å². The number of thioether (sulfide) groups is 1. The summed E-state index contributed by atoms with van der Waals surface area (Å²) in [6.45, 7) is 6.68. The van der Waals surface area contributed by atoms with E-state index in [1.165, 1.54) is 32.1 Å². The summed E-state index contributed by atoms with van der Waals surface area (Å²) in [7, 11) is 2.11. The smallest absolute Gasteiger partial charge is 0.253 e. The largest absolute Gasteiger partial charge is 0.357 e. The van der Waals surface area contributed by atoms with Crippen molar-refractivity contribution >= 4 is 35.1 Å². The average Bonchev–Trinajstić information content (AvgIpc) is 2.87. The summed E-state index contributed by atoms with van der Waals surface area (Å²) in [5.74, 6) is 1.70. The predicted molar refractivity (Wildman–Crippen MR) is 136 cm³/mol. The molecule has 1 saturated heterocycles. The van der Waals surface area contributed by atoms with Crippen molar-refractivity contribution in [2.24, 2.45) is 0 Å². The van der Waals surface area contributed by atoms with Gasteiger partial charge in [-0.15, -0.1) is 0 Å². The van der Waals surface area contributed by atoms with E-state index in [-0.39, 0.29) is 5.91 Å². The van der Waals surface area contributed by atoms with Crippen LogP contribution < -0.4 is 4.90 Å². The molecule has 0 N–H and O–H groups in total. The Morgan fingerprint density at radius 3 is 2.61 bits per heavy atom. The van der Waals surface area contributed by atoms with Gasteiger partial charge in [0.05, 0.1) is 0 Å². The zero-order valence-corrected chi connectivity index (χ0v) is 21.2. The van der Waals surface area contributed by atoms with Crippen LogP contribution in [0.1, 0.15) is 54.9 Å². The second-order valence-corrected chi connectivity index (χ2v) is 10.3. The first-order valence-corrected chi connectivity index (χ1v) is 13.4. The molecule has 6 nitrogen and oxygen atoms in total. The van der Waals surface area contributed by atoms with Gasteiger partial charge in [-0.25, -0.2) is 9.97 Å². The van der Waals surface area contributed by atoms with Crippen LogP contribution in [0.4, 0.5) is 5.82 Å². The summed E-state index contributed by atoms with van der Waals surface area (Å²) in [6.07, 6.45) is 6.29. The van der Waals surface area contributed by atoms with Gasteiger partial charge in [0.1, 0.15) is 11.0 Å². The highest BCUT2D eigenvalue weighted by Crippen LogP contribution is 2.29. The topological polar surface area (TPSA) is 52.6 Å². The van der Waals surface area contributed by atoms with E-state index >= 15 is 0 Å². The Hall–Kier alpha value is -1.83. The molecule has 33 heavy (non-hydrogen) atoms. The van der Waals surface area contributed by atoms with E-state index in [0.717, 1.165) is 49.7 Å². The normalized spacial score (nSPS) is 17.8. The van der Waals surface area contributed by atoms with Crippen LogP contribution in [-0.2, 0) is 5.75 Å². The number of nitrogens with zero attached hydrogens (tertiary/aromatic N) is 5. The molecule has 0 atom stereocenters. The fraction of sp³-hybridized carbons (Fsp3) is 0.560. The summed E-state index contributed by atoms with van der Waals surface area (Å²) in [5.41, 5.74) is 1.84. The minimum absolute atomic E-state index is 0.119. The van der Waals surface area contributed by atoms with Crippen molar-refractivity contribution in [3.8, 4) is 0 Å². The predicted octanol–water partition coefficient (Wildman–Crippen LogP) is 4.97. The zero-order chi connectivity index (χ0) is 23.2. The molecule has 178 valence electrons. The number of anilines is 1. The van der Waals surface area contributed by atoms with Crippen LogP contribution in [0.15, 0.2) is 35.5 Å². The lowest BCUT2D eigenvalue weighted by atomic mass is 9.94. The lowest BCUT2D eigenvalue weighted by Gasteiger charge is -2.34. The number of aromatic nitrogens is 2. The van der Waals surface area contributed by atoms with E-state index in [9.17, 15) is 4.79 Å². The van der Waals surface area contributed by atoms with E-state index < -0.39 is 0 Å². The molecule has 1 saturated carbocycles. The van der Waals surface area contributed by atoms with Crippen molar-refractivity contribution in [2.75, 3.05) is 44.7 Å². The molecule has 8 heteroatoms. The monoisotopic (exact) mass is 487 g/mol. The van der Waals surface area contributed by atoms with E-state index in [1.807, 2.05) is 29.2 Å². The minimum Gasteiger partial charge on any atom is -0.357 e. The maximum absolute atomic E-state index is 13.0. The van der Waals surface area contributed by atoms with Crippen LogP contribution in [0.5, 0.6) is 0 Å². The molecule has 0 spiro atoms. The van der Waals surface area contributed by atoms with Gasteiger partial charge in [-0.2, -0.15) is 0 Å². The van der Waals surface area contributed by atoms with Crippen LogP contribution in [0.3, 0.4) is 0 Å². The van der Waals surface area contributed by atoms with Gasteiger partial charge in [-0.3, -0.25) is 4.79 Å². The molecule has 1 amide bonds. The summed E-state index contributed by atoms with van der Waals surface area (Å²) >= 11 is 7.90. The standard InChI is InChI=1S/C25H34ClN5OS/c1-3-30-12-14-31(15-13-30)24(32)20-9-7-8-19(16-20)18-33-25-27-22(26)17-23(28-25)29(2)21-10-5-4-6-11-21/h7-9,16-17,21H,3-6,10-15,18H2,1-2H3. The Morgan fingerprint density at radius 2 is 1.88 bits per heavy atom. The van der Waals surface area contributed by atoms with E-state index in [1.54, 1.807) is 11.8 Å². The van der Waals surface area contributed by atoms with Crippen LogP contribution in [0.2, 0.25) is 5.15 Å². The number of piperazine rings is 1. The summed E-state index contributed by atoms with van der Waals surface area (Å²) in [4.78, 5) is 28.8. The molecule has 1 aromatic carbocycles. The molecule has 0 unspecified atom stereocenters. The third-order valence-electron chi connectivity index (χ3n) is 6.79. The molecule has 1 aliphatic carbocycles. The Balaban J connectivity index is 1.39. The lowest BCUT2D eigenvalue weighted by molar-refractivity contribution is 0.0643. The highest BCUT2D eigenvalue weighted by Gasteiger charge is 2.22. The van der Waals surface area contributed by atoms with E-state index in [2.05, 4.69) is 34.8 Å². The third kappa shape index (κ3) is 6.40. The van der Waals surface area contributed by atoms with Crippen molar-refractivity contribution in [3.63, 3.8) is 0 Å². The lowest BCUT2D eigenvalue weighted by Crippen LogP contribution is -2.48. The van der Waals surface area contributed by atoms with Gasteiger partial charge in [-0.1, -0.05) is 61.7 Å². The maximum atomic E-state index is 13.0. The number of halogens is 1. The van der Waals surface area contributed by atoms with Gasteiger partial charge in [0.15, 0.2) is 5.16 Å². The molecule has 1 aliphatic heterocycles. The maximum Gasteiger partial charge on any atom is 0.253 e. The number of carbonyl (C=O) groups is 1. The van der Waals surface area contributed by atoms with Gasteiger partial charge >= 0.3 is 0 Å². The number of amides is 1. The number of likely N-dealkylation sites (N-methyl/N-ethyl adjacent to an activating group) is 1. The SMILES string of the molecule is CCN1CCN(C(=O)c2cccc(CSc3nc(Cl)cc(N(C)C4CCCCC4)n3)c2)CC1. The van der Waals surface area contributed by atoms with Gasteiger partial charge in [0.2, 0.25) is 0 Å². The highest BCUT2D eigenvalue weighted by molar-refractivity contribution is 7.98. The molecular formula is C25H34ClN5OS. The Labute approximate surface area is 206 Å². The molecule has 2 aromatic rings. The first-order valence-electron chi connectivity index (χ1n) is 12.0. The third-order valence-corrected chi connectivity index (χ3v) is 7.91. The fourth-order valence-electron chi connectivity index (χ4n) is 4.68. The van der Waals surface area contributed by atoms with Gasteiger partial charge in [-0.05, 0) is 37.1 Å².